The molecule has 0 bridgehead atoms. The fourth-order valence-corrected chi connectivity index (χ4v) is 1.85. The van der Waals surface area contributed by atoms with Crippen molar-refractivity contribution in [1.29, 1.82) is 0 Å². The van der Waals surface area contributed by atoms with Gasteiger partial charge in [-0.05, 0) is 38.5 Å². The van der Waals surface area contributed by atoms with E-state index in [0.717, 1.165) is 19.2 Å². The van der Waals surface area contributed by atoms with Gasteiger partial charge in [-0.15, -0.1) is 13.2 Å². The molecule has 0 saturated carbocycles. The fourth-order valence-electron chi connectivity index (χ4n) is 1.85. The van der Waals surface area contributed by atoms with Crippen LogP contribution in [0, 0.1) is 0 Å². The maximum Gasteiger partial charge on any atom is 0.573 e. The Balaban J connectivity index is 2.78. The van der Waals surface area contributed by atoms with Crippen LogP contribution in [0.3, 0.4) is 0 Å². The van der Waals surface area contributed by atoms with Crippen LogP contribution in [0.5, 0.6) is 5.75 Å². The molecule has 0 aromatic heterocycles. The summed E-state index contributed by atoms with van der Waals surface area (Å²) in [6.07, 6.45) is -5.58. The summed E-state index contributed by atoms with van der Waals surface area (Å²) < 4.78 is 49.9. The average molecular weight is 363 g/mol. The number of amides is 1. The van der Waals surface area contributed by atoms with Gasteiger partial charge in [-0.2, -0.15) is 0 Å². The molecular formula is C16H20F3NO5. The Hall–Kier alpha value is -2.45. The van der Waals surface area contributed by atoms with Crippen LogP contribution in [0.1, 0.15) is 26.3 Å². The maximum atomic E-state index is 12.1. The Morgan fingerprint density at radius 2 is 1.68 bits per heavy atom. The predicted molar refractivity (Wildman–Crippen MR) is 82.0 cm³/mol. The number of carbonyl (C=O) groups excluding carboxylic acids is 2. The molecule has 0 fully saturated rings. The highest BCUT2D eigenvalue weighted by atomic mass is 19.4. The zero-order valence-electron chi connectivity index (χ0n) is 14.3. The lowest BCUT2D eigenvalue weighted by Crippen LogP contribution is -2.45. The molecule has 9 heteroatoms. The normalized spacial score (nSPS) is 12.9. The number of carbonyl (C=O) groups is 2. The molecule has 25 heavy (non-hydrogen) atoms. The number of rotatable bonds is 5. The van der Waals surface area contributed by atoms with E-state index in [1.54, 1.807) is 20.8 Å². The number of esters is 1. The quantitative estimate of drug-likeness (QED) is 0.814. The summed E-state index contributed by atoms with van der Waals surface area (Å²) in [5, 5.41) is 2.38. The van der Waals surface area contributed by atoms with Gasteiger partial charge in [0.2, 0.25) is 0 Å². The monoisotopic (exact) mass is 363 g/mol. The van der Waals surface area contributed by atoms with Crippen molar-refractivity contribution in [2.75, 3.05) is 7.11 Å². The van der Waals surface area contributed by atoms with E-state index < -0.39 is 30.1 Å². The molecule has 0 aliphatic rings. The second kappa shape index (κ2) is 8.09. The van der Waals surface area contributed by atoms with Crippen molar-refractivity contribution in [1.82, 2.24) is 5.32 Å². The molecular weight excluding hydrogens is 343 g/mol. The summed E-state index contributed by atoms with van der Waals surface area (Å²) >= 11 is 0. The summed E-state index contributed by atoms with van der Waals surface area (Å²) in [7, 11) is 1.16. The van der Waals surface area contributed by atoms with E-state index in [1.165, 1.54) is 12.1 Å². The van der Waals surface area contributed by atoms with Gasteiger partial charge in [-0.1, -0.05) is 12.1 Å². The molecule has 0 heterocycles. The minimum Gasteiger partial charge on any atom is -0.467 e. The molecule has 0 radical (unpaired) electrons. The van der Waals surface area contributed by atoms with Crippen LogP contribution in [0.25, 0.3) is 0 Å². The minimum absolute atomic E-state index is 0.0121. The number of halogens is 3. The van der Waals surface area contributed by atoms with Crippen LogP contribution in [0.4, 0.5) is 18.0 Å². The Kier molecular flexibility index (Phi) is 6.66. The minimum atomic E-state index is -4.78. The average Bonchev–Trinajstić information content (AvgIpc) is 2.44. The van der Waals surface area contributed by atoms with Gasteiger partial charge < -0.3 is 19.5 Å². The smallest absolute Gasteiger partial charge is 0.467 e. The van der Waals surface area contributed by atoms with Crippen molar-refractivity contribution in [2.24, 2.45) is 0 Å². The number of methoxy groups -OCH3 is 1. The fraction of sp³-hybridized carbons (Fsp3) is 0.500. The number of alkyl carbamates (subject to hydrolysis) is 1. The van der Waals surface area contributed by atoms with Crippen LogP contribution in [-0.2, 0) is 20.7 Å². The lowest BCUT2D eigenvalue weighted by atomic mass is 10.1. The molecule has 0 saturated heterocycles. The first kappa shape index (κ1) is 20.6. The Morgan fingerprint density at radius 3 is 2.12 bits per heavy atom. The Labute approximate surface area is 143 Å². The van der Waals surface area contributed by atoms with Crippen LogP contribution in [-0.4, -0.2) is 37.2 Å². The van der Waals surface area contributed by atoms with Crippen LogP contribution >= 0.6 is 0 Å². The largest absolute Gasteiger partial charge is 0.573 e. The zero-order valence-corrected chi connectivity index (χ0v) is 14.3. The van der Waals surface area contributed by atoms with Crippen molar-refractivity contribution in [3.63, 3.8) is 0 Å². The predicted octanol–water partition coefficient (Wildman–Crippen LogP) is 3.19. The molecule has 1 aromatic carbocycles. The van der Waals surface area contributed by atoms with Gasteiger partial charge in [-0.3, -0.25) is 0 Å². The first-order valence-corrected chi connectivity index (χ1v) is 7.31. The van der Waals surface area contributed by atoms with Crippen molar-refractivity contribution >= 4 is 12.1 Å². The lowest BCUT2D eigenvalue weighted by Gasteiger charge is -2.22. The molecule has 1 atom stereocenters. The van der Waals surface area contributed by atoms with Gasteiger partial charge in [0, 0.05) is 6.42 Å². The SMILES string of the molecule is COC(=O)C(Cc1ccc(OC(F)(F)F)cc1)NC(=O)OC(C)(C)C. The molecule has 6 nitrogen and oxygen atoms in total. The van der Waals surface area contributed by atoms with E-state index in [4.69, 9.17) is 4.74 Å². The molecule has 0 aliphatic carbocycles. The number of alkyl halides is 3. The van der Waals surface area contributed by atoms with Crippen molar-refractivity contribution in [3.05, 3.63) is 29.8 Å². The lowest BCUT2D eigenvalue weighted by molar-refractivity contribution is -0.274. The molecule has 1 rings (SSSR count). The topological polar surface area (TPSA) is 73.9 Å². The van der Waals surface area contributed by atoms with E-state index in [2.05, 4.69) is 14.8 Å². The first-order chi connectivity index (χ1) is 11.4. The van der Waals surface area contributed by atoms with Crippen LogP contribution in [0.2, 0.25) is 0 Å². The van der Waals surface area contributed by atoms with E-state index in [9.17, 15) is 22.8 Å². The summed E-state index contributed by atoms with van der Waals surface area (Å²) in [5.41, 5.74) is -0.248. The number of ether oxygens (including phenoxy) is 3. The Morgan fingerprint density at radius 1 is 1.12 bits per heavy atom. The summed E-state index contributed by atoms with van der Waals surface area (Å²) in [4.78, 5) is 23.6. The van der Waals surface area contributed by atoms with Crippen molar-refractivity contribution < 1.29 is 37.0 Å². The second-order valence-corrected chi connectivity index (χ2v) is 6.12. The van der Waals surface area contributed by atoms with E-state index in [1.807, 2.05) is 0 Å². The highest BCUT2D eigenvalue weighted by molar-refractivity contribution is 5.81. The highest BCUT2D eigenvalue weighted by Gasteiger charge is 2.31. The highest BCUT2D eigenvalue weighted by Crippen LogP contribution is 2.23. The maximum absolute atomic E-state index is 12.1. The summed E-state index contributed by atoms with van der Waals surface area (Å²) in [6, 6.07) is 3.89. The second-order valence-electron chi connectivity index (χ2n) is 6.12. The third-order valence-electron chi connectivity index (χ3n) is 2.77. The van der Waals surface area contributed by atoms with E-state index in [-0.39, 0.29) is 12.2 Å². The molecule has 1 N–H and O–H groups in total. The third kappa shape index (κ3) is 8.27. The van der Waals surface area contributed by atoms with Gasteiger partial charge >= 0.3 is 18.4 Å². The van der Waals surface area contributed by atoms with E-state index >= 15 is 0 Å². The van der Waals surface area contributed by atoms with Crippen molar-refractivity contribution in [2.45, 2.75) is 45.2 Å². The summed E-state index contributed by atoms with van der Waals surface area (Å²) in [6.45, 7) is 5.00. The van der Waals surface area contributed by atoms with Crippen molar-refractivity contribution in [3.8, 4) is 5.75 Å². The molecule has 1 unspecified atom stereocenters. The van der Waals surface area contributed by atoms with Gasteiger partial charge in [0.05, 0.1) is 7.11 Å². The third-order valence-corrected chi connectivity index (χ3v) is 2.77. The summed E-state index contributed by atoms with van der Waals surface area (Å²) in [5.74, 6) is -1.09. The molecule has 0 aliphatic heterocycles. The van der Waals surface area contributed by atoms with E-state index in [0.29, 0.717) is 5.56 Å². The standard InChI is InChI=1S/C16H20F3NO5/c1-15(2,3)25-14(22)20-12(13(21)23-4)9-10-5-7-11(8-6-10)24-16(17,18)19/h5-8,12H,9H2,1-4H3,(H,20,22). The van der Waals surface area contributed by atoms with Crippen LogP contribution < -0.4 is 10.1 Å². The molecule has 140 valence electrons. The number of benzene rings is 1. The number of nitrogens with one attached hydrogen (secondary N) is 1. The van der Waals surface area contributed by atoms with Crippen LogP contribution in [0.15, 0.2) is 24.3 Å². The Bertz CT molecular complexity index is 593. The zero-order chi connectivity index (χ0) is 19.3. The number of hydrogen-bond donors (Lipinski definition) is 1. The van der Waals surface area contributed by atoms with Gasteiger partial charge in [0.1, 0.15) is 17.4 Å². The molecule has 0 spiro atoms. The first-order valence-electron chi connectivity index (χ1n) is 7.31. The number of hydrogen-bond acceptors (Lipinski definition) is 5. The molecule has 1 amide bonds. The van der Waals surface area contributed by atoms with Gasteiger partial charge in [-0.25, -0.2) is 9.59 Å². The molecule has 1 aromatic rings. The van der Waals surface area contributed by atoms with Gasteiger partial charge in [0.15, 0.2) is 0 Å². The van der Waals surface area contributed by atoms with Gasteiger partial charge in [0.25, 0.3) is 0 Å².